The van der Waals surface area contributed by atoms with Gasteiger partial charge in [-0.2, -0.15) is 0 Å². The van der Waals surface area contributed by atoms with Crippen LogP contribution in [0.3, 0.4) is 0 Å². The van der Waals surface area contributed by atoms with Gasteiger partial charge in [0.1, 0.15) is 5.01 Å². The number of carbonyl (C=O) groups is 1. The predicted molar refractivity (Wildman–Crippen MR) is 149 cm³/mol. The molecule has 0 unspecified atom stereocenters. The minimum absolute atomic E-state index is 0.195. The van der Waals surface area contributed by atoms with Gasteiger partial charge in [0.15, 0.2) is 0 Å². The Balaban J connectivity index is 1.73. The van der Waals surface area contributed by atoms with Gasteiger partial charge in [-0.15, -0.1) is 11.3 Å². The summed E-state index contributed by atoms with van der Waals surface area (Å²) >= 11 is 7.42. The summed E-state index contributed by atoms with van der Waals surface area (Å²) in [7, 11) is 0. The molecule has 0 aliphatic carbocycles. The summed E-state index contributed by atoms with van der Waals surface area (Å²) in [5.74, 6) is -0.195. The van der Waals surface area contributed by atoms with E-state index in [4.69, 9.17) is 16.6 Å². The van der Waals surface area contributed by atoms with Crippen molar-refractivity contribution in [3.63, 3.8) is 0 Å². The molecule has 1 amide bonds. The first-order valence-electron chi connectivity index (χ1n) is 12.4. The Hall–Kier alpha value is -3.26. The maximum atomic E-state index is 14.1. The second-order valence-corrected chi connectivity index (χ2v) is 10.5. The summed E-state index contributed by atoms with van der Waals surface area (Å²) in [6.07, 6.45) is 0.987. The minimum atomic E-state index is -0.511. The fraction of sp³-hybridized carbons (Fsp3) is 0.276. The summed E-state index contributed by atoms with van der Waals surface area (Å²) in [6, 6.07) is 15.1. The number of aryl methyl sites for hydroxylation is 2. The van der Waals surface area contributed by atoms with E-state index < -0.39 is 6.10 Å². The monoisotopic (exact) mass is 533 g/mol. The first kappa shape index (κ1) is 25.4. The Bertz CT molecular complexity index is 1510. The molecule has 6 nitrogen and oxygen atoms in total. The maximum absolute atomic E-state index is 14.1. The zero-order chi connectivity index (χ0) is 26.3. The highest BCUT2D eigenvalue weighted by Gasteiger charge is 2.32. The number of nitrogens with zero attached hydrogens (tertiary/aromatic N) is 3. The summed E-state index contributed by atoms with van der Waals surface area (Å²) in [5.41, 5.74) is 5.77. The van der Waals surface area contributed by atoms with E-state index in [2.05, 4.69) is 13.8 Å². The van der Waals surface area contributed by atoms with E-state index >= 15 is 0 Å². The highest BCUT2D eigenvalue weighted by atomic mass is 35.5. The number of aliphatic hydroxyl groups excluding tert-OH is 1. The number of rotatable bonds is 6. The summed E-state index contributed by atoms with van der Waals surface area (Å²) < 4.78 is 1.69. The van der Waals surface area contributed by atoms with Crippen molar-refractivity contribution >= 4 is 28.8 Å². The smallest absolute Gasteiger partial charge is 0.265 e. The molecule has 2 aromatic heterocycles. The number of benzene rings is 2. The second-order valence-electron chi connectivity index (χ2n) is 9.24. The van der Waals surface area contributed by atoms with Crippen LogP contribution in [0.2, 0.25) is 5.02 Å². The number of β-amino-alcohol motifs (C(OH)–C–C–N with tert-alkyl or cyclic N) is 1. The van der Waals surface area contributed by atoms with Crippen molar-refractivity contribution in [2.45, 2.75) is 39.7 Å². The molecule has 3 heterocycles. The maximum Gasteiger partial charge on any atom is 0.265 e. The lowest BCUT2D eigenvalue weighted by molar-refractivity contribution is 0.00579. The zero-order valence-electron chi connectivity index (χ0n) is 21.0. The molecule has 0 bridgehead atoms. The average molecular weight is 534 g/mol. The molecule has 1 fully saturated rings. The van der Waals surface area contributed by atoms with Gasteiger partial charge in [0.2, 0.25) is 0 Å². The van der Waals surface area contributed by atoms with Crippen LogP contribution in [0.5, 0.6) is 0 Å². The highest BCUT2D eigenvalue weighted by Crippen LogP contribution is 2.31. The number of thiazole rings is 1. The van der Waals surface area contributed by atoms with Crippen LogP contribution in [0.4, 0.5) is 0 Å². The lowest BCUT2D eigenvalue weighted by Gasteiger charge is -2.36. The van der Waals surface area contributed by atoms with Crippen molar-refractivity contribution in [3.05, 3.63) is 91.7 Å². The van der Waals surface area contributed by atoms with E-state index in [1.807, 2.05) is 42.6 Å². The Morgan fingerprint density at radius 1 is 1.11 bits per heavy atom. The third-order valence-corrected chi connectivity index (χ3v) is 8.02. The molecular formula is C29H28ClN3O3S. The number of para-hydroxylation sites is 1. The third kappa shape index (κ3) is 4.63. The van der Waals surface area contributed by atoms with Crippen molar-refractivity contribution < 1.29 is 9.90 Å². The number of amides is 1. The van der Waals surface area contributed by atoms with Crippen LogP contribution in [0, 0.1) is 6.92 Å². The van der Waals surface area contributed by atoms with E-state index in [1.165, 1.54) is 11.3 Å². The Labute approximate surface area is 224 Å². The van der Waals surface area contributed by atoms with Crippen LogP contribution in [-0.2, 0) is 12.8 Å². The summed E-state index contributed by atoms with van der Waals surface area (Å²) in [6.45, 7) is 6.53. The molecule has 0 saturated carbocycles. The van der Waals surface area contributed by atoms with Gasteiger partial charge in [-0.3, -0.25) is 14.2 Å². The molecule has 8 heteroatoms. The van der Waals surface area contributed by atoms with Crippen molar-refractivity contribution in [1.29, 1.82) is 0 Å². The largest absolute Gasteiger partial charge is 0.389 e. The molecule has 0 radical (unpaired) electrons. The van der Waals surface area contributed by atoms with E-state index in [1.54, 1.807) is 27.7 Å². The number of halogens is 1. The topological polar surface area (TPSA) is 75.4 Å². The first-order valence-corrected chi connectivity index (χ1v) is 13.6. The van der Waals surface area contributed by atoms with Gasteiger partial charge in [0.25, 0.3) is 11.5 Å². The normalized spacial score (nSPS) is 13.6. The quantitative estimate of drug-likeness (QED) is 0.353. The third-order valence-electron chi connectivity index (χ3n) is 6.89. The molecule has 4 aromatic rings. The number of likely N-dealkylation sites (tertiary alicyclic amines) is 1. The van der Waals surface area contributed by atoms with Crippen LogP contribution >= 0.6 is 22.9 Å². The molecule has 5 rings (SSSR count). The lowest BCUT2D eigenvalue weighted by Crippen LogP contribution is -2.53. The highest BCUT2D eigenvalue weighted by molar-refractivity contribution is 7.13. The molecule has 2 aromatic carbocycles. The van der Waals surface area contributed by atoms with Gasteiger partial charge < -0.3 is 10.0 Å². The van der Waals surface area contributed by atoms with Gasteiger partial charge in [0, 0.05) is 34.7 Å². The first-order chi connectivity index (χ1) is 17.8. The number of pyridine rings is 1. The zero-order valence-corrected chi connectivity index (χ0v) is 22.6. The standard InChI is InChI=1S/C29H28ClN3O3S/c1-4-18-7-6-8-19(5-2)26(18)33-17(3)23(28(35)32-14-22(34)15-32)13-24(29(33)36)27-31-25(16-37-27)20-9-11-21(30)12-10-20/h6-13,16,22,34H,4-5,14-15H2,1-3H3. The summed E-state index contributed by atoms with van der Waals surface area (Å²) in [4.78, 5) is 34.0. The molecule has 1 aliphatic heterocycles. The fourth-order valence-electron chi connectivity index (χ4n) is 4.79. The Morgan fingerprint density at radius 2 is 1.76 bits per heavy atom. The Morgan fingerprint density at radius 3 is 2.35 bits per heavy atom. The molecule has 1 saturated heterocycles. The van der Waals surface area contributed by atoms with Crippen molar-refractivity contribution in [2.24, 2.45) is 0 Å². The lowest BCUT2D eigenvalue weighted by atomic mass is 10.00. The predicted octanol–water partition coefficient (Wildman–Crippen LogP) is 5.53. The van der Waals surface area contributed by atoms with Crippen LogP contribution < -0.4 is 5.56 Å². The number of aliphatic hydroxyl groups is 1. The molecule has 190 valence electrons. The van der Waals surface area contributed by atoms with Gasteiger partial charge >= 0.3 is 0 Å². The number of hydrogen-bond acceptors (Lipinski definition) is 5. The minimum Gasteiger partial charge on any atom is -0.389 e. The van der Waals surface area contributed by atoms with Gasteiger partial charge in [-0.05, 0) is 49.1 Å². The fourth-order valence-corrected chi connectivity index (χ4v) is 5.75. The van der Waals surface area contributed by atoms with Crippen LogP contribution in [-0.4, -0.2) is 44.7 Å². The van der Waals surface area contributed by atoms with E-state index in [9.17, 15) is 14.7 Å². The molecular weight excluding hydrogens is 506 g/mol. The van der Waals surface area contributed by atoms with Gasteiger partial charge in [-0.25, -0.2) is 4.98 Å². The van der Waals surface area contributed by atoms with Crippen molar-refractivity contribution in [2.75, 3.05) is 13.1 Å². The van der Waals surface area contributed by atoms with E-state index in [0.29, 0.717) is 26.9 Å². The second kappa shape index (κ2) is 10.2. The van der Waals surface area contributed by atoms with Crippen LogP contribution in [0.25, 0.3) is 27.5 Å². The molecule has 1 aliphatic rings. The molecule has 0 atom stereocenters. The van der Waals surface area contributed by atoms with Crippen LogP contribution in [0.1, 0.15) is 41.0 Å². The van der Waals surface area contributed by atoms with E-state index in [-0.39, 0.29) is 24.6 Å². The average Bonchev–Trinajstić information content (AvgIpc) is 3.37. The number of aromatic nitrogens is 2. The van der Waals surface area contributed by atoms with E-state index in [0.717, 1.165) is 40.9 Å². The molecule has 1 N–H and O–H groups in total. The van der Waals surface area contributed by atoms with Crippen molar-refractivity contribution in [3.8, 4) is 27.5 Å². The van der Waals surface area contributed by atoms with Crippen molar-refractivity contribution in [1.82, 2.24) is 14.5 Å². The number of carbonyl (C=O) groups excluding carboxylic acids is 1. The number of hydrogen-bond donors (Lipinski definition) is 1. The molecule has 37 heavy (non-hydrogen) atoms. The van der Waals surface area contributed by atoms with Crippen LogP contribution in [0.15, 0.2) is 58.7 Å². The SMILES string of the molecule is CCc1cccc(CC)c1-n1c(C)c(C(=O)N2CC(O)C2)cc(-c2nc(-c3ccc(Cl)cc3)cs2)c1=O. The van der Waals surface area contributed by atoms with Gasteiger partial charge in [-0.1, -0.05) is 55.8 Å². The molecule has 0 spiro atoms. The van der Waals surface area contributed by atoms with Gasteiger partial charge in [0.05, 0.1) is 28.6 Å². The summed E-state index contributed by atoms with van der Waals surface area (Å²) in [5, 5.41) is 12.9. The Kier molecular flexibility index (Phi) is 7.03.